The summed E-state index contributed by atoms with van der Waals surface area (Å²) < 4.78 is 28.7. The summed E-state index contributed by atoms with van der Waals surface area (Å²) in [5, 5.41) is 15.0. The highest BCUT2D eigenvalue weighted by Crippen LogP contribution is 2.44. The van der Waals surface area contributed by atoms with Crippen LogP contribution < -0.4 is 4.90 Å². The molecule has 2 aliphatic rings. The van der Waals surface area contributed by atoms with E-state index in [2.05, 4.69) is 4.98 Å². The van der Waals surface area contributed by atoms with Crippen LogP contribution in [0, 0.1) is 0 Å². The van der Waals surface area contributed by atoms with Crippen molar-refractivity contribution in [3.8, 4) is 5.69 Å². The molecule has 1 saturated heterocycles. The molecule has 1 aliphatic heterocycles. The number of carbonyl (C=O) groups is 1. The highest BCUT2D eigenvalue weighted by atomic mass is 19.3. The van der Waals surface area contributed by atoms with Crippen LogP contribution in [0.3, 0.4) is 0 Å². The van der Waals surface area contributed by atoms with Crippen LogP contribution in [0.25, 0.3) is 16.7 Å². The predicted molar refractivity (Wildman–Crippen MR) is 99.6 cm³/mol. The second-order valence-electron chi connectivity index (χ2n) is 7.50. The third-order valence-electron chi connectivity index (χ3n) is 5.54. The molecule has 0 atom stereocenters. The lowest BCUT2D eigenvalue weighted by Gasteiger charge is -2.41. The molecule has 2 aromatic heterocycles. The number of alkyl halides is 2. The van der Waals surface area contributed by atoms with E-state index in [0.717, 1.165) is 30.6 Å². The van der Waals surface area contributed by atoms with Gasteiger partial charge in [-0.05, 0) is 31.0 Å². The van der Waals surface area contributed by atoms with Crippen molar-refractivity contribution < 1.29 is 18.7 Å². The summed E-state index contributed by atoms with van der Waals surface area (Å²) in [6.07, 6.45) is 3.07. The van der Waals surface area contributed by atoms with Gasteiger partial charge in [0.2, 0.25) is 0 Å². The molecular weight excluding hydrogens is 366 g/mol. The Morgan fingerprint density at radius 3 is 2.46 bits per heavy atom. The first-order valence-electron chi connectivity index (χ1n) is 9.28. The van der Waals surface area contributed by atoms with Gasteiger partial charge in [0.05, 0.1) is 35.5 Å². The lowest BCUT2D eigenvalue weighted by molar-refractivity contribution is -0.0261. The van der Waals surface area contributed by atoms with Crippen LogP contribution in [-0.2, 0) is 0 Å². The molecule has 0 unspecified atom stereocenters. The lowest BCUT2D eigenvalue weighted by Crippen LogP contribution is -2.56. The van der Waals surface area contributed by atoms with Crippen molar-refractivity contribution in [3.63, 3.8) is 0 Å². The van der Waals surface area contributed by atoms with Gasteiger partial charge in [0, 0.05) is 5.92 Å². The maximum Gasteiger partial charge on any atom is 0.354 e. The molecule has 1 N–H and O–H groups in total. The highest BCUT2D eigenvalue weighted by Gasteiger charge is 2.45. The number of aromatic carboxylic acids is 1. The van der Waals surface area contributed by atoms with Crippen molar-refractivity contribution in [1.29, 1.82) is 0 Å². The van der Waals surface area contributed by atoms with Crippen LogP contribution in [-0.4, -0.2) is 44.9 Å². The monoisotopic (exact) mass is 384 g/mol. The van der Waals surface area contributed by atoms with Gasteiger partial charge in [-0.3, -0.25) is 0 Å². The topological polar surface area (TPSA) is 71.2 Å². The number of carboxylic acids is 1. The van der Waals surface area contributed by atoms with Crippen LogP contribution in [0.5, 0.6) is 0 Å². The van der Waals surface area contributed by atoms with Gasteiger partial charge in [0.1, 0.15) is 0 Å². The second-order valence-corrected chi connectivity index (χ2v) is 7.50. The van der Waals surface area contributed by atoms with Crippen molar-refractivity contribution in [2.75, 3.05) is 18.0 Å². The van der Waals surface area contributed by atoms with Crippen LogP contribution >= 0.6 is 0 Å². The van der Waals surface area contributed by atoms with E-state index >= 15 is 0 Å². The van der Waals surface area contributed by atoms with Crippen LogP contribution in [0.2, 0.25) is 0 Å². The van der Waals surface area contributed by atoms with Crippen molar-refractivity contribution in [3.05, 3.63) is 47.8 Å². The molecule has 1 aliphatic carbocycles. The average molecular weight is 384 g/mol. The van der Waals surface area contributed by atoms with Crippen molar-refractivity contribution in [2.24, 2.45) is 0 Å². The summed E-state index contributed by atoms with van der Waals surface area (Å²) in [6, 6.07) is 10.7. The Balaban J connectivity index is 1.77. The standard InChI is InChI=1S/C20H18F2N4O2/c21-20(22)10-25(11-20)15-9-14(19(27)28)23-18-16(15)17(12-5-4-6-12)24-26(18)13-7-2-1-3-8-13/h1-3,7-9,12H,4-6,10-11H2,(H,27,28). The van der Waals surface area contributed by atoms with E-state index in [-0.39, 0.29) is 11.6 Å². The van der Waals surface area contributed by atoms with Crippen molar-refractivity contribution in [1.82, 2.24) is 14.8 Å². The van der Waals surface area contributed by atoms with E-state index in [1.165, 1.54) is 11.0 Å². The van der Waals surface area contributed by atoms with Gasteiger partial charge in [-0.15, -0.1) is 0 Å². The molecule has 0 radical (unpaired) electrons. The van der Waals surface area contributed by atoms with E-state index in [0.29, 0.717) is 16.7 Å². The SMILES string of the molecule is O=C(O)c1cc(N2CC(F)(F)C2)c2c(C3CCC3)nn(-c3ccccc3)c2n1. The number of aromatic nitrogens is 3. The summed E-state index contributed by atoms with van der Waals surface area (Å²) in [7, 11) is 0. The minimum atomic E-state index is -2.76. The quantitative estimate of drug-likeness (QED) is 0.740. The first-order chi connectivity index (χ1) is 13.4. The number of nitrogens with zero attached hydrogens (tertiary/aromatic N) is 4. The van der Waals surface area contributed by atoms with Crippen LogP contribution in [0.4, 0.5) is 14.5 Å². The Labute approximate surface area is 159 Å². The fourth-order valence-corrected chi connectivity index (χ4v) is 3.88. The number of pyridine rings is 1. The predicted octanol–water partition coefficient (Wildman–Crippen LogP) is 3.84. The van der Waals surface area contributed by atoms with Gasteiger partial charge < -0.3 is 10.0 Å². The Morgan fingerprint density at radius 2 is 1.89 bits per heavy atom. The molecule has 2 fully saturated rings. The normalized spacial score (nSPS) is 18.7. The molecule has 0 spiro atoms. The summed E-state index contributed by atoms with van der Waals surface area (Å²) in [5.41, 5.74) is 2.29. The number of hydrogen-bond donors (Lipinski definition) is 1. The lowest BCUT2D eigenvalue weighted by atomic mass is 9.81. The Bertz CT molecular complexity index is 1070. The highest BCUT2D eigenvalue weighted by molar-refractivity contribution is 5.99. The van der Waals surface area contributed by atoms with Gasteiger partial charge in [0.15, 0.2) is 11.3 Å². The van der Waals surface area contributed by atoms with E-state index < -0.39 is 25.0 Å². The van der Waals surface area contributed by atoms with Gasteiger partial charge in [-0.2, -0.15) is 5.10 Å². The van der Waals surface area contributed by atoms with Gasteiger partial charge >= 0.3 is 5.97 Å². The molecule has 28 heavy (non-hydrogen) atoms. The third kappa shape index (κ3) is 2.63. The molecule has 1 saturated carbocycles. The Kier molecular flexibility index (Phi) is 3.65. The zero-order valence-corrected chi connectivity index (χ0v) is 15.0. The van der Waals surface area contributed by atoms with Gasteiger partial charge in [-0.25, -0.2) is 23.2 Å². The minimum absolute atomic E-state index is 0.171. The molecular formula is C20H18F2N4O2. The Morgan fingerprint density at radius 1 is 1.18 bits per heavy atom. The smallest absolute Gasteiger partial charge is 0.354 e. The number of benzene rings is 1. The first-order valence-corrected chi connectivity index (χ1v) is 9.28. The van der Waals surface area contributed by atoms with E-state index in [4.69, 9.17) is 5.10 Å². The number of rotatable bonds is 4. The van der Waals surface area contributed by atoms with Crippen molar-refractivity contribution >= 4 is 22.7 Å². The number of fused-ring (bicyclic) bond motifs is 1. The molecule has 0 amide bonds. The maximum atomic E-state index is 13.5. The first kappa shape index (κ1) is 17.1. The molecule has 8 heteroatoms. The Hall–Kier alpha value is -3.03. The van der Waals surface area contributed by atoms with Gasteiger partial charge in [0.25, 0.3) is 5.92 Å². The average Bonchev–Trinajstić information content (AvgIpc) is 2.97. The minimum Gasteiger partial charge on any atom is -0.477 e. The number of para-hydroxylation sites is 1. The molecule has 144 valence electrons. The van der Waals surface area contributed by atoms with E-state index in [9.17, 15) is 18.7 Å². The van der Waals surface area contributed by atoms with Gasteiger partial charge in [-0.1, -0.05) is 24.6 Å². The molecule has 6 nitrogen and oxygen atoms in total. The summed E-state index contributed by atoms with van der Waals surface area (Å²) in [4.78, 5) is 17.5. The summed E-state index contributed by atoms with van der Waals surface area (Å²) >= 11 is 0. The fourth-order valence-electron chi connectivity index (χ4n) is 3.88. The molecule has 3 heterocycles. The second kappa shape index (κ2) is 5.98. The van der Waals surface area contributed by atoms with Crippen LogP contribution in [0.1, 0.15) is 41.4 Å². The number of halogens is 2. The molecule has 1 aromatic carbocycles. The summed E-state index contributed by atoms with van der Waals surface area (Å²) in [5.74, 6) is -3.71. The van der Waals surface area contributed by atoms with E-state index in [1.54, 1.807) is 4.68 Å². The number of anilines is 1. The number of hydrogen-bond acceptors (Lipinski definition) is 4. The molecule has 5 rings (SSSR count). The van der Waals surface area contributed by atoms with Crippen molar-refractivity contribution in [2.45, 2.75) is 31.1 Å². The van der Waals surface area contributed by atoms with Crippen LogP contribution in [0.15, 0.2) is 36.4 Å². The summed E-state index contributed by atoms with van der Waals surface area (Å²) in [6.45, 7) is -0.850. The molecule has 3 aromatic rings. The zero-order valence-electron chi connectivity index (χ0n) is 15.0. The fraction of sp³-hybridized carbons (Fsp3) is 0.350. The molecule has 0 bridgehead atoms. The third-order valence-corrected chi connectivity index (χ3v) is 5.54. The van der Waals surface area contributed by atoms with E-state index in [1.807, 2.05) is 30.3 Å². The number of carboxylic acid groups (broad SMARTS) is 1. The zero-order chi connectivity index (χ0) is 19.5. The largest absolute Gasteiger partial charge is 0.477 e. The maximum absolute atomic E-state index is 13.5.